The van der Waals surface area contributed by atoms with Gasteiger partial charge in [0.2, 0.25) is 15.9 Å². The predicted molar refractivity (Wildman–Crippen MR) is 100 cm³/mol. The van der Waals surface area contributed by atoms with E-state index in [1.54, 1.807) is 19.1 Å². The minimum absolute atomic E-state index is 0.0544. The van der Waals surface area contributed by atoms with Crippen LogP contribution in [-0.4, -0.2) is 39.3 Å². The molecule has 7 heteroatoms. The normalized spacial score (nSPS) is 12.9. The maximum Gasteiger partial charge on any atom is 0.246 e. The molecule has 1 N–H and O–H groups in total. The van der Waals surface area contributed by atoms with Crippen LogP contribution in [0.25, 0.3) is 0 Å². The van der Waals surface area contributed by atoms with Crippen molar-refractivity contribution < 1.29 is 17.9 Å². The van der Waals surface area contributed by atoms with Crippen LogP contribution >= 0.6 is 0 Å². The van der Waals surface area contributed by atoms with E-state index in [-0.39, 0.29) is 22.5 Å². The molecule has 1 unspecified atom stereocenters. The smallest absolute Gasteiger partial charge is 0.246 e. The van der Waals surface area contributed by atoms with Crippen molar-refractivity contribution in [2.45, 2.75) is 51.3 Å². The van der Waals surface area contributed by atoms with Crippen LogP contribution in [-0.2, 0) is 14.8 Å². The first-order valence-corrected chi connectivity index (χ1v) is 10.2. The lowest BCUT2D eigenvalue weighted by atomic mass is 9.98. The maximum absolute atomic E-state index is 12.5. The van der Waals surface area contributed by atoms with E-state index in [1.165, 1.54) is 20.2 Å². The maximum atomic E-state index is 12.5. The molecule has 1 rings (SSSR count). The van der Waals surface area contributed by atoms with Crippen molar-refractivity contribution in [3.63, 3.8) is 0 Å². The van der Waals surface area contributed by atoms with E-state index < -0.39 is 10.0 Å². The molecule has 0 saturated heterocycles. The van der Waals surface area contributed by atoms with Crippen molar-refractivity contribution in [3.05, 3.63) is 18.2 Å². The molecule has 0 bridgehead atoms. The molecule has 0 aliphatic carbocycles. The second kappa shape index (κ2) is 9.77. The Labute approximate surface area is 151 Å². The Morgan fingerprint density at radius 2 is 1.92 bits per heavy atom. The number of anilines is 1. The zero-order valence-electron chi connectivity index (χ0n) is 15.8. The number of ether oxygens (including phenoxy) is 1. The number of unbranched alkanes of at least 4 members (excludes halogenated alkanes) is 1. The number of carbonyl (C=O) groups is 1. The van der Waals surface area contributed by atoms with Crippen molar-refractivity contribution in [2.75, 3.05) is 26.0 Å². The minimum atomic E-state index is -3.67. The largest absolute Gasteiger partial charge is 0.492 e. The third-order valence-electron chi connectivity index (χ3n) is 4.04. The second-order valence-corrected chi connectivity index (χ2v) is 8.24. The molecule has 1 aromatic carbocycles. The number of hydrogen-bond donors (Lipinski definition) is 1. The van der Waals surface area contributed by atoms with E-state index in [2.05, 4.69) is 12.2 Å². The van der Waals surface area contributed by atoms with Gasteiger partial charge in [0.1, 0.15) is 10.6 Å². The lowest BCUT2D eigenvalue weighted by molar-refractivity contribution is -0.120. The lowest BCUT2D eigenvalue weighted by Gasteiger charge is -2.18. The molecule has 1 atom stereocenters. The van der Waals surface area contributed by atoms with Crippen LogP contribution in [0.15, 0.2) is 23.1 Å². The number of sulfonamides is 1. The highest BCUT2D eigenvalue weighted by atomic mass is 32.2. The van der Waals surface area contributed by atoms with Crippen LogP contribution in [0.2, 0.25) is 0 Å². The molecule has 6 nitrogen and oxygen atoms in total. The van der Waals surface area contributed by atoms with E-state index >= 15 is 0 Å². The number of amides is 1. The number of benzene rings is 1. The Hall–Kier alpha value is -1.60. The number of hydrogen-bond acceptors (Lipinski definition) is 4. The van der Waals surface area contributed by atoms with E-state index in [0.717, 1.165) is 30.0 Å². The minimum Gasteiger partial charge on any atom is -0.492 e. The van der Waals surface area contributed by atoms with Crippen molar-refractivity contribution in [1.29, 1.82) is 0 Å². The molecule has 0 heterocycles. The summed E-state index contributed by atoms with van der Waals surface area (Å²) in [5, 5.41) is 2.85. The highest BCUT2D eigenvalue weighted by molar-refractivity contribution is 7.89. The third kappa shape index (κ3) is 5.71. The molecule has 142 valence electrons. The number of carbonyl (C=O) groups excluding carboxylic acids is 1. The molecule has 0 spiro atoms. The number of nitrogens with one attached hydrogen (secondary N) is 1. The summed E-state index contributed by atoms with van der Waals surface area (Å²) in [6.07, 6.45) is 3.62. The quantitative estimate of drug-likeness (QED) is 0.684. The molecule has 25 heavy (non-hydrogen) atoms. The summed E-state index contributed by atoms with van der Waals surface area (Å²) >= 11 is 0. The molecule has 0 aliphatic rings. The molecule has 0 aromatic heterocycles. The van der Waals surface area contributed by atoms with E-state index in [0.29, 0.717) is 12.3 Å². The molecule has 0 aliphatic heterocycles. The van der Waals surface area contributed by atoms with Gasteiger partial charge in [-0.05, 0) is 38.0 Å². The number of nitrogens with zero attached hydrogens (tertiary/aromatic N) is 1. The van der Waals surface area contributed by atoms with Gasteiger partial charge in [0.25, 0.3) is 0 Å². The van der Waals surface area contributed by atoms with Crippen molar-refractivity contribution >= 4 is 21.6 Å². The summed E-state index contributed by atoms with van der Waals surface area (Å²) in [7, 11) is -0.738. The van der Waals surface area contributed by atoms with E-state index in [1.807, 2.05) is 6.92 Å². The van der Waals surface area contributed by atoms with Crippen LogP contribution in [0.5, 0.6) is 5.75 Å². The first kappa shape index (κ1) is 21.4. The summed E-state index contributed by atoms with van der Waals surface area (Å²) in [6.45, 7) is 6.23. The van der Waals surface area contributed by atoms with Gasteiger partial charge >= 0.3 is 0 Å². The first-order chi connectivity index (χ1) is 11.8. The van der Waals surface area contributed by atoms with E-state index in [9.17, 15) is 13.2 Å². The summed E-state index contributed by atoms with van der Waals surface area (Å²) in [5.74, 6) is 0.140. The Balaban J connectivity index is 3.12. The predicted octanol–water partition coefficient (Wildman–Crippen LogP) is 3.49. The molecule has 1 aromatic rings. The van der Waals surface area contributed by atoms with Gasteiger partial charge in [-0.1, -0.05) is 26.7 Å². The average Bonchev–Trinajstić information content (AvgIpc) is 2.56. The number of rotatable bonds is 10. The summed E-state index contributed by atoms with van der Waals surface area (Å²) in [4.78, 5) is 12.5. The molecule has 0 saturated carbocycles. The van der Waals surface area contributed by atoms with Crippen molar-refractivity contribution in [1.82, 2.24) is 4.31 Å². The van der Waals surface area contributed by atoms with Gasteiger partial charge in [0, 0.05) is 25.7 Å². The fourth-order valence-electron chi connectivity index (χ4n) is 2.47. The second-order valence-electron chi connectivity index (χ2n) is 6.12. The van der Waals surface area contributed by atoms with Crippen molar-refractivity contribution in [3.8, 4) is 5.75 Å². The fourth-order valence-corrected chi connectivity index (χ4v) is 3.52. The Morgan fingerprint density at radius 1 is 1.24 bits per heavy atom. The summed E-state index contributed by atoms with van der Waals surface area (Å²) < 4.78 is 31.6. The highest BCUT2D eigenvalue weighted by Crippen LogP contribution is 2.29. The Kier molecular flexibility index (Phi) is 8.38. The zero-order valence-corrected chi connectivity index (χ0v) is 16.6. The monoisotopic (exact) mass is 370 g/mol. The van der Waals surface area contributed by atoms with Gasteiger partial charge < -0.3 is 10.1 Å². The molecule has 1 amide bonds. The van der Waals surface area contributed by atoms with Crippen molar-refractivity contribution in [2.24, 2.45) is 5.92 Å². The average molecular weight is 371 g/mol. The van der Waals surface area contributed by atoms with Gasteiger partial charge in [-0.3, -0.25) is 4.79 Å². The van der Waals surface area contributed by atoms with E-state index in [4.69, 9.17) is 4.74 Å². The first-order valence-electron chi connectivity index (χ1n) is 8.78. The molecule has 0 fully saturated rings. The SMILES string of the molecule is CCCCC(CC)C(=O)Nc1ccc(OCC)c(S(=O)(=O)N(C)C)c1. The van der Waals surface area contributed by atoms with Gasteiger partial charge in [-0.2, -0.15) is 0 Å². The van der Waals surface area contributed by atoms with Crippen LogP contribution in [0.1, 0.15) is 46.5 Å². The van der Waals surface area contributed by atoms with Crippen LogP contribution < -0.4 is 10.1 Å². The topological polar surface area (TPSA) is 75.7 Å². The van der Waals surface area contributed by atoms with Gasteiger partial charge in [0.15, 0.2) is 0 Å². The fraction of sp³-hybridized carbons (Fsp3) is 0.611. The summed E-state index contributed by atoms with van der Waals surface area (Å²) in [6, 6.07) is 4.72. The Bertz CT molecular complexity index is 672. The molecular weight excluding hydrogens is 340 g/mol. The van der Waals surface area contributed by atoms with Gasteiger partial charge in [0.05, 0.1) is 6.61 Å². The third-order valence-corrected chi connectivity index (χ3v) is 5.88. The van der Waals surface area contributed by atoms with Gasteiger partial charge in [-0.25, -0.2) is 12.7 Å². The molecular formula is C18H30N2O4S. The lowest BCUT2D eigenvalue weighted by Crippen LogP contribution is -2.24. The highest BCUT2D eigenvalue weighted by Gasteiger charge is 2.24. The molecule has 0 radical (unpaired) electrons. The standard InChI is InChI=1S/C18H30N2O4S/c1-6-9-10-14(7-2)18(21)19-15-11-12-16(24-8-3)17(13-15)25(22,23)20(4)5/h11-14H,6-10H2,1-5H3,(H,19,21). The Morgan fingerprint density at radius 3 is 2.44 bits per heavy atom. The van der Waals surface area contributed by atoms with Crippen LogP contribution in [0, 0.1) is 5.92 Å². The zero-order chi connectivity index (χ0) is 19.0. The van der Waals surface area contributed by atoms with Gasteiger partial charge in [-0.15, -0.1) is 0 Å². The summed E-state index contributed by atoms with van der Waals surface area (Å²) in [5.41, 5.74) is 0.462. The van der Waals surface area contributed by atoms with Crippen LogP contribution in [0.3, 0.4) is 0 Å². The van der Waals surface area contributed by atoms with Crippen LogP contribution in [0.4, 0.5) is 5.69 Å².